The maximum absolute atomic E-state index is 13.0. The standard InChI is InChI=1S/C19H20IN3O5S2/c1-28-17-7-2-12(10-15(17)20)19(25)22-13-3-5-14(6-4-13)30(26,27)23-8-9-29-11-16(23)18(21)24/h2-7,10,16H,8-9,11H2,1H3,(H2,21,24)(H,22,25)/t16-/m1/s1. The highest BCUT2D eigenvalue weighted by atomic mass is 127. The fourth-order valence-electron chi connectivity index (χ4n) is 2.96. The van der Waals surface area contributed by atoms with Gasteiger partial charge in [0.1, 0.15) is 11.8 Å². The van der Waals surface area contributed by atoms with E-state index in [2.05, 4.69) is 27.9 Å². The van der Waals surface area contributed by atoms with E-state index in [4.69, 9.17) is 10.5 Å². The largest absolute Gasteiger partial charge is 0.496 e. The second-order valence-electron chi connectivity index (χ2n) is 6.44. The fourth-order valence-corrected chi connectivity index (χ4v) is 6.56. The number of rotatable bonds is 6. The number of anilines is 1. The van der Waals surface area contributed by atoms with E-state index < -0.39 is 22.0 Å². The number of nitrogens with zero attached hydrogens (tertiary/aromatic N) is 1. The van der Waals surface area contributed by atoms with Crippen molar-refractivity contribution in [3.05, 3.63) is 51.6 Å². The molecule has 0 unspecified atom stereocenters. The van der Waals surface area contributed by atoms with Crippen LogP contribution in [0.2, 0.25) is 0 Å². The van der Waals surface area contributed by atoms with Crippen LogP contribution in [0, 0.1) is 3.57 Å². The molecule has 2 aromatic rings. The molecule has 8 nitrogen and oxygen atoms in total. The van der Waals surface area contributed by atoms with Gasteiger partial charge in [-0.2, -0.15) is 16.1 Å². The van der Waals surface area contributed by atoms with E-state index in [1.165, 1.54) is 36.0 Å². The predicted octanol–water partition coefficient (Wildman–Crippen LogP) is 2.14. The van der Waals surface area contributed by atoms with Crippen molar-refractivity contribution in [1.29, 1.82) is 0 Å². The molecule has 2 aromatic carbocycles. The van der Waals surface area contributed by atoms with Crippen LogP contribution < -0.4 is 15.8 Å². The van der Waals surface area contributed by atoms with Crippen LogP contribution in [-0.4, -0.2) is 55.7 Å². The van der Waals surface area contributed by atoms with Crippen molar-refractivity contribution < 1.29 is 22.7 Å². The number of methoxy groups -OCH3 is 1. The highest BCUT2D eigenvalue weighted by Crippen LogP contribution is 2.26. The Morgan fingerprint density at radius 1 is 1.23 bits per heavy atom. The molecule has 1 heterocycles. The molecule has 1 fully saturated rings. The van der Waals surface area contributed by atoms with Gasteiger partial charge in [-0.25, -0.2) is 8.42 Å². The number of carbonyl (C=O) groups is 2. The van der Waals surface area contributed by atoms with Gasteiger partial charge in [-0.1, -0.05) is 0 Å². The fraction of sp³-hybridized carbons (Fsp3) is 0.263. The molecular formula is C19H20IN3O5S2. The van der Waals surface area contributed by atoms with E-state index in [1.54, 1.807) is 25.3 Å². The lowest BCUT2D eigenvalue weighted by Crippen LogP contribution is -2.52. The van der Waals surface area contributed by atoms with Crippen molar-refractivity contribution in [1.82, 2.24) is 4.31 Å². The quantitative estimate of drug-likeness (QED) is 0.522. The molecule has 0 saturated carbocycles. The summed E-state index contributed by atoms with van der Waals surface area (Å²) in [5.41, 5.74) is 6.28. The van der Waals surface area contributed by atoms with Gasteiger partial charge >= 0.3 is 0 Å². The number of sulfonamides is 1. The number of hydrogen-bond acceptors (Lipinski definition) is 6. The second kappa shape index (κ2) is 9.54. The van der Waals surface area contributed by atoms with Gasteiger partial charge < -0.3 is 15.8 Å². The zero-order chi connectivity index (χ0) is 21.9. The van der Waals surface area contributed by atoms with Gasteiger partial charge in [-0.3, -0.25) is 9.59 Å². The number of benzene rings is 2. The Bertz CT molecular complexity index is 1060. The first-order chi connectivity index (χ1) is 14.2. The minimum atomic E-state index is -3.88. The maximum Gasteiger partial charge on any atom is 0.255 e. The van der Waals surface area contributed by atoms with Crippen LogP contribution in [-0.2, 0) is 14.8 Å². The number of amides is 2. The Hall–Kier alpha value is -1.83. The number of nitrogens with one attached hydrogen (secondary N) is 1. The Labute approximate surface area is 192 Å². The molecule has 1 aliphatic rings. The Morgan fingerprint density at radius 3 is 2.53 bits per heavy atom. The van der Waals surface area contributed by atoms with Gasteiger partial charge in [-0.05, 0) is 65.1 Å². The number of hydrogen-bond donors (Lipinski definition) is 2. The smallest absolute Gasteiger partial charge is 0.255 e. The van der Waals surface area contributed by atoms with Crippen molar-refractivity contribution in [2.45, 2.75) is 10.9 Å². The first-order valence-corrected chi connectivity index (χ1v) is 12.5. The van der Waals surface area contributed by atoms with Crippen LogP contribution >= 0.6 is 34.4 Å². The lowest BCUT2D eigenvalue weighted by molar-refractivity contribution is -0.121. The molecule has 30 heavy (non-hydrogen) atoms. The van der Waals surface area contributed by atoms with Crippen LogP contribution in [0.4, 0.5) is 5.69 Å². The lowest BCUT2D eigenvalue weighted by atomic mass is 10.2. The first-order valence-electron chi connectivity index (χ1n) is 8.88. The summed E-state index contributed by atoms with van der Waals surface area (Å²) in [6.45, 7) is 0.217. The molecule has 160 valence electrons. The van der Waals surface area contributed by atoms with Crippen LogP contribution in [0.5, 0.6) is 5.75 Å². The van der Waals surface area contributed by atoms with E-state index in [9.17, 15) is 18.0 Å². The van der Waals surface area contributed by atoms with Crippen molar-refractivity contribution in [2.24, 2.45) is 5.73 Å². The zero-order valence-corrected chi connectivity index (χ0v) is 19.8. The third-order valence-corrected chi connectivity index (χ3v) is 8.33. The lowest BCUT2D eigenvalue weighted by Gasteiger charge is -2.32. The monoisotopic (exact) mass is 561 g/mol. The van der Waals surface area contributed by atoms with Gasteiger partial charge in [0, 0.05) is 29.3 Å². The molecule has 3 N–H and O–H groups in total. The summed E-state index contributed by atoms with van der Waals surface area (Å²) in [5.74, 6) is 0.616. The topological polar surface area (TPSA) is 119 Å². The average molecular weight is 561 g/mol. The molecule has 2 amide bonds. The van der Waals surface area contributed by atoms with Crippen LogP contribution in [0.25, 0.3) is 0 Å². The van der Waals surface area contributed by atoms with E-state index in [0.717, 1.165) is 7.88 Å². The van der Waals surface area contributed by atoms with Gasteiger partial charge in [0.15, 0.2) is 0 Å². The zero-order valence-electron chi connectivity index (χ0n) is 16.0. The van der Waals surface area contributed by atoms with Crippen LogP contribution in [0.15, 0.2) is 47.4 Å². The molecule has 3 rings (SSSR count). The summed E-state index contributed by atoms with van der Waals surface area (Å²) in [6, 6.07) is 10.0. The summed E-state index contributed by atoms with van der Waals surface area (Å²) < 4.78 is 33.1. The van der Waals surface area contributed by atoms with E-state index in [-0.39, 0.29) is 17.3 Å². The number of carbonyl (C=O) groups excluding carboxylic acids is 2. The average Bonchev–Trinajstić information content (AvgIpc) is 2.74. The van der Waals surface area contributed by atoms with E-state index in [1.807, 2.05) is 0 Å². The number of nitrogens with two attached hydrogens (primary N) is 1. The number of ether oxygens (including phenoxy) is 1. The predicted molar refractivity (Wildman–Crippen MR) is 124 cm³/mol. The number of thioether (sulfide) groups is 1. The summed E-state index contributed by atoms with van der Waals surface area (Å²) in [6.07, 6.45) is 0. The van der Waals surface area contributed by atoms with Crippen molar-refractivity contribution >= 4 is 61.9 Å². The van der Waals surface area contributed by atoms with Crippen molar-refractivity contribution in [3.8, 4) is 5.75 Å². The van der Waals surface area contributed by atoms with Crippen molar-refractivity contribution in [2.75, 3.05) is 30.5 Å². The molecule has 0 bridgehead atoms. The number of primary amides is 1. The van der Waals surface area contributed by atoms with Crippen LogP contribution in [0.3, 0.4) is 0 Å². The second-order valence-corrected chi connectivity index (χ2v) is 10.6. The summed E-state index contributed by atoms with van der Waals surface area (Å²) in [4.78, 5) is 24.2. The summed E-state index contributed by atoms with van der Waals surface area (Å²) in [5, 5.41) is 2.74. The third-order valence-electron chi connectivity index (χ3n) is 4.54. The van der Waals surface area contributed by atoms with Gasteiger partial charge in [0.25, 0.3) is 5.91 Å². The van der Waals surface area contributed by atoms with Gasteiger partial charge in [0.05, 0.1) is 15.6 Å². The molecule has 0 aliphatic carbocycles. The molecule has 1 atom stereocenters. The minimum absolute atomic E-state index is 0.0395. The SMILES string of the molecule is COc1ccc(C(=O)Nc2ccc(S(=O)(=O)N3CCSC[C@@H]3C(N)=O)cc2)cc1I. The molecule has 1 aliphatic heterocycles. The first kappa shape index (κ1) is 22.8. The van der Waals surface area contributed by atoms with E-state index in [0.29, 0.717) is 28.5 Å². The molecule has 1 saturated heterocycles. The molecule has 11 heteroatoms. The van der Waals surface area contributed by atoms with Gasteiger partial charge in [-0.15, -0.1) is 0 Å². The highest BCUT2D eigenvalue weighted by molar-refractivity contribution is 14.1. The molecule has 0 spiro atoms. The van der Waals surface area contributed by atoms with Gasteiger partial charge in [0.2, 0.25) is 15.9 Å². The maximum atomic E-state index is 13.0. The molecule has 0 aromatic heterocycles. The Morgan fingerprint density at radius 2 is 1.93 bits per heavy atom. The number of halogens is 1. The Balaban J connectivity index is 1.76. The van der Waals surface area contributed by atoms with E-state index >= 15 is 0 Å². The summed E-state index contributed by atoms with van der Waals surface area (Å²) >= 11 is 3.57. The normalized spacial score (nSPS) is 17.3. The molecular weight excluding hydrogens is 541 g/mol. The minimum Gasteiger partial charge on any atom is -0.496 e. The van der Waals surface area contributed by atoms with Crippen LogP contribution in [0.1, 0.15) is 10.4 Å². The highest BCUT2D eigenvalue weighted by Gasteiger charge is 2.36. The molecule has 0 radical (unpaired) electrons. The van der Waals surface area contributed by atoms with Crippen molar-refractivity contribution in [3.63, 3.8) is 0 Å². The summed E-state index contributed by atoms with van der Waals surface area (Å²) in [7, 11) is -2.32. The third kappa shape index (κ3) is 4.90. The Kier molecular flexibility index (Phi) is 7.26.